The van der Waals surface area contributed by atoms with Crippen molar-refractivity contribution < 1.29 is 19.1 Å². The number of nitrogens with zero attached hydrogens (tertiary/aromatic N) is 3. The zero-order valence-electron chi connectivity index (χ0n) is 21.2. The normalized spacial score (nSPS) is 16.3. The van der Waals surface area contributed by atoms with E-state index in [4.69, 9.17) is 0 Å². The van der Waals surface area contributed by atoms with E-state index >= 15 is 4.39 Å². The molecule has 12 heteroatoms. The number of piperidine rings is 1. The average molecular weight is 551 g/mol. The Morgan fingerprint density at radius 3 is 2.69 bits per heavy atom. The van der Waals surface area contributed by atoms with E-state index in [1.54, 1.807) is 29.8 Å². The summed E-state index contributed by atoms with van der Waals surface area (Å²) in [5.74, 6) is -1.06. The van der Waals surface area contributed by atoms with E-state index in [0.717, 1.165) is 54.8 Å². The minimum atomic E-state index is -0.628. The van der Waals surface area contributed by atoms with Gasteiger partial charge in [0.2, 0.25) is 5.91 Å². The van der Waals surface area contributed by atoms with E-state index in [-0.39, 0.29) is 46.8 Å². The first-order chi connectivity index (χ1) is 18.8. The first-order valence-corrected chi connectivity index (χ1v) is 13.5. The highest BCUT2D eigenvalue weighted by Gasteiger charge is 2.27. The van der Waals surface area contributed by atoms with Gasteiger partial charge in [-0.3, -0.25) is 23.2 Å². The zero-order chi connectivity index (χ0) is 27.3. The maximum absolute atomic E-state index is 15.2. The molecule has 6 rings (SSSR count). The number of benzene rings is 3. The van der Waals surface area contributed by atoms with Gasteiger partial charge in [0.05, 0.1) is 23.2 Å². The number of nitrogens with one attached hydrogen (secondary N) is 3. The Bertz CT molecular complexity index is 1680. The molecule has 0 radical (unpaired) electrons. The van der Waals surface area contributed by atoms with Crippen LogP contribution >= 0.6 is 12.1 Å². The molecule has 4 N–H and O–H groups in total. The number of H-pyrrole nitrogens is 1. The number of fused-ring (bicyclic) bond motifs is 2. The number of carbonyl (C=O) groups excluding carboxylic acids is 2. The van der Waals surface area contributed by atoms with E-state index in [1.165, 1.54) is 10.4 Å². The van der Waals surface area contributed by atoms with Crippen LogP contribution in [0, 0.1) is 11.7 Å². The summed E-state index contributed by atoms with van der Waals surface area (Å²) >= 11 is 0.929. The van der Waals surface area contributed by atoms with Crippen molar-refractivity contribution in [2.45, 2.75) is 19.3 Å². The van der Waals surface area contributed by atoms with Crippen molar-refractivity contribution in [2.75, 3.05) is 34.2 Å². The molecule has 0 spiro atoms. The van der Waals surface area contributed by atoms with Gasteiger partial charge in [-0.15, -0.1) is 0 Å². The predicted octanol–water partition coefficient (Wildman–Crippen LogP) is 3.61. The van der Waals surface area contributed by atoms with E-state index < -0.39 is 5.82 Å². The van der Waals surface area contributed by atoms with Crippen molar-refractivity contribution in [3.05, 3.63) is 58.8 Å². The molecule has 1 aromatic heterocycles. The Hall–Kier alpha value is -4.19. The van der Waals surface area contributed by atoms with Crippen LogP contribution in [0.25, 0.3) is 21.8 Å². The number of phenolic OH excluding ortho intramolecular Hbond substituents is 1. The number of hydrogen-bond donors (Lipinski definition) is 4. The van der Waals surface area contributed by atoms with Gasteiger partial charge < -0.3 is 20.3 Å². The van der Waals surface area contributed by atoms with Crippen LogP contribution in [0.5, 0.6) is 5.75 Å². The number of anilines is 3. The summed E-state index contributed by atoms with van der Waals surface area (Å²) in [5, 5.41) is 14.1. The molecule has 3 aromatic carbocycles. The van der Waals surface area contributed by atoms with E-state index in [2.05, 4.69) is 19.9 Å². The molecule has 2 saturated heterocycles. The number of aromatic hydroxyl groups is 1. The summed E-state index contributed by atoms with van der Waals surface area (Å²) in [7, 11) is 1.75. The Balaban J connectivity index is 1.08. The molecule has 2 amide bonds. The van der Waals surface area contributed by atoms with Gasteiger partial charge >= 0.3 is 5.69 Å². The van der Waals surface area contributed by atoms with Crippen LogP contribution in [0.2, 0.25) is 0 Å². The molecule has 0 bridgehead atoms. The Kier molecular flexibility index (Phi) is 6.34. The van der Waals surface area contributed by atoms with Crippen molar-refractivity contribution in [1.29, 1.82) is 0 Å². The van der Waals surface area contributed by atoms with Crippen LogP contribution in [0.4, 0.5) is 21.5 Å². The average Bonchev–Trinajstić information content (AvgIpc) is 3.46. The minimum Gasteiger partial charge on any atom is -0.506 e. The van der Waals surface area contributed by atoms with Crippen LogP contribution in [-0.2, 0) is 16.6 Å². The molecular weight excluding hydrogens is 523 g/mol. The first kappa shape index (κ1) is 25.1. The quantitative estimate of drug-likeness (QED) is 0.280. The van der Waals surface area contributed by atoms with Crippen LogP contribution in [-0.4, -0.2) is 46.1 Å². The standard InChI is InChI=1S/C27H27FN6O4S/c1-32-21-13-18(3-5-20(21)30-27(32)38)33-8-6-15(7-9-33)10-23(36)29-17-2-4-19-16(11-17)12-22(35)26(25(19)28)34-14-24(37)31-39-34/h2-5,11-13,15,35H,6-10,14H2,1H3,(H,29,36)(H,30,38)(H,31,37). The fourth-order valence-corrected chi connectivity index (χ4v) is 6.08. The number of halogens is 1. The molecule has 4 aromatic rings. The van der Waals surface area contributed by atoms with Crippen molar-refractivity contribution in [1.82, 2.24) is 14.3 Å². The van der Waals surface area contributed by atoms with Crippen molar-refractivity contribution >= 4 is 62.8 Å². The minimum absolute atomic E-state index is 0.0500. The molecule has 10 nitrogen and oxygen atoms in total. The van der Waals surface area contributed by atoms with E-state index in [0.29, 0.717) is 17.5 Å². The van der Waals surface area contributed by atoms with Crippen LogP contribution in [0.3, 0.4) is 0 Å². The number of aryl methyl sites for hydroxylation is 1. The van der Waals surface area contributed by atoms with Gasteiger partial charge in [-0.2, -0.15) is 0 Å². The second-order valence-corrected chi connectivity index (χ2v) is 10.8. The highest BCUT2D eigenvalue weighted by Crippen LogP contribution is 2.40. The number of imidazole rings is 1. The van der Waals surface area contributed by atoms with Gasteiger partial charge in [0, 0.05) is 43.3 Å². The fraction of sp³-hybridized carbons (Fsp3) is 0.296. The number of amides is 2. The summed E-state index contributed by atoms with van der Waals surface area (Å²) in [6.45, 7) is 1.57. The molecule has 2 aliphatic rings. The van der Waals surface area contributed by atoms with Gasteiger partial charge in [-0.05, 0) is 66.6 Å². The molecule has 202 valence electrons. The summed E-state index contributed by atoms with van der Waals surface area (Å²) in [4.78, 5) is 41.3. The zero-order valence-corrected chi connectivity index (χ0v) is 22.0. The fourth-order valence-electron chi connectivity index (χ4n) is 5.36. The van der Waals surface area contributed by atoms with Crippen molar-refractivity contribution in [3.8, 4) is 5.75 Å². The van der Waals surface area contributed by atoms with Crippen LogP contribution in [0.1, 0.15) is 19.3 Å². The lowest BCUT2D eigenvalue weighted by Gasteiger charge is -2.33. The van der Waals surface area contributed by atoms with Crippen LogP contribution < -0.4 is 24.9 Å². The van der Waals surface area contributed by atoms with Gasteiger partial charge in [0.25, 0.3) is 5.91 Å². The maximum Gasteiger partial charge on any atom is 0.326 e. The lowest BCUT2D eigenvalue weighted by atomic mass is 9.93. The third-order valence-electron chi connectivity index (χ3n) is 7.46. The van der Waals surface area contributed by atoms with Gasteiger partial charge in [0.15, 0.2) is 5.82 Å². The molecule has 2 aliphatic heterocycles. The highest BCUT2D eigenvalue weighted by atomic mass is 32.2. The topological polar surface area (TPSA) is 123 Å². The second kappa shape index (κ2) is 9.84. The third-order valence-corrected chi connectivity index (χ3v) is 8.31. The Labute approximate surface area is 227 Å². The van der Waals surface area contributed by atoms with Gasteiger partial charge in [0.1, 0.15) is 18.0 Å². The van der Waals surface area contributed by atoms with Crippen molar-refractivity contribution in [2.24, 2.45) is 13.0 Å². The molecule has 39 heavy (non-hydrogen) atoms. The number of rotatable bonds is 5. The number of aromatic nitrogens is 2. The number of carbonyl (C=O) groups is 2. The molecular formula is C27H27FN6O4S. The molecule has 0 saturated carbocycles. The van der Waals surface area contributed by atoms with Crippen molar-refractivity contribution in [3.63, 3.8) is 0 Å². The van der Waals surface area contributed by atoms with E-state index in [9.17, 15) is 19.5 Å². The molecule has 2 fully saturated rings. The molecule has 0 aliphatic carbocycles. The maximum atomic E-state index is 15.2. The second-order valence-electron chi connectivity index (χ2n) is 10.0. The molecule has 0 atom stereocenters. The largest absolute Gasteiger partial charge is 0.506 e. The van der Waals surface area contributed by atoms with Crippen LogP contribution in [0.15, 0.2) is 47.3 Å². The lowest BCUT2D eigenvalue weighted by molar-refractivity contribution is -0.118. The monoisotopic (exact) mass is 550 g/mol. The number of phenols is 1. The number of hydrogen-bond acceptors (Lipinski definition) is 7. The molecule has 3 heterocycles. The SMILES string of the molecule is Cn1c(=O)[nH]c2ccc(N3CCC(CC(=O)Nc4ccc5c(F)c(N6CC(=O)NS6)c(O)cc5c4)CC3)cc21. The lowest BCUT2D eigenvalue weighted by Crippen LogP contribution is -2.34. The third kappa shape index (κ3) is 4.76. The first-order valence-electron chi connectivity index (χ1n) is 12.7. The Morgan fingerprint density at radius 1 is 1.15 bits per heavy atom. The van der Waals surface area contributed by atoms with Gasteiger partial charge in [-0.25, -0.2) is 9.18 Å². The smallest absolute Gasteiger partial charge is 0.326 e. The Morgan fingerprint density at radius 2 is 1.95 bits per heavy atom. The molecule has 0 unspecified atom stereocenters. The van der Waals surface area contributed by atoms with Gasteiger partial charge in [-0.1, -0.05) is 0 Å². The summed E-state index contributed by atoms with van der Waals surface area (Å²) < 4.78 is 20.7. The number of aromatic amines is 1. The van der Waals surface area contributed by atoms with E-state index in [1.807, 2.05) is 18.2 Å². The highest BCUT2D eigenvalue weighted by molar-refractivity contribution is 7.99. The predicted molar refractivity (Wildman–Crippen MR) is 150 cm³/mol. The summed E-state index contributed by atoms with van der Waals surface area (Å²) in [6.07, 6.45) is 2.11. The summed E-state index contributed by atoms with van der Waals surface area (Å²) in [6, 6.07) is 12.2. The summed E-state index contributed by atoms with van der Waals surface area (Å²) in [5.41, 5.74) is 3.06.